The molecule has 2 rings (SSSR count). The average Bonchev–Trinajstić information content (AvgIpc) is 2.45. The molecular formula is C16H22Cl2N2O2. The van der Waals surface area contributed by atoms with E-state index in [1.807, 2.05) is 11.8 Å². The number of halogens is 2. The number of likely N-dealkylation sites (tertiary alicyclic amines) is 1. The molecule has 1 aliphatic heterocycles. The van der Waals surface area contributed by atoms with Crippen molar-refractivity contribution in [3.05, 3.63) is 28.2 Å². The first-order chi connectivity index (χ1) is 10.4. The molecule has 2 unspecified atom stereocenters. The van der Waals surface area contributed by atoms with Crippen LogP contribution in [0.15, 0.2) is 18.2 Å². The summed E-state index contributed by atoms with van der Waals surface area (Å²) in [6.07, 6.45) is 1.32. The van der Waals surface area contributed by atoms with Crippen LogP contribution in [0.5, 0.6) is 5.75 Å². The van der Waals surface area contributed by atoms with Gasteiger partial charge in [0.05, 0.1) is 0 Å². The highest BCUT2D eigenvalue weighted by Crippen LogP contribution is 2.26. The Labute approximate surface area is 141 Å². The molecule has 0 aliphatic carbocycles. The molecule has 1 amide bonds. The van der Waals surface area contributed by atoms with E-state index in [1.165, 1.54) is 0 Å². The number of carbonyl (C=O) groups is 1. The van der Waals surface area contributed by atoms with E-state index in [1.54, 1.807) is 25.1 Å². The molecule has 122 valence electrons. The van der Waals surface area contributed by atoms with E-state index < -0.39 is 6.10 Å². The van der Waals surface area contributed by atoms with Crippen molar-refractivity contribution in [2.45, 2.75) is 38.8 Å². The molecule has 1 aromatic carbocycles. The summed E-state index contributed by atoms with van der Waals surface area (Å²) in [5.41, 5.74) is 5.93. The Morgan fingerprint density at radius 2 is 1.77 bits per heavy atom. The van der Waals surface area contributed by atoms with Crippen molar-refractivity contribution < 1.29 is 9.53 Å². The van der Waals surface area contributed by atoms with E-state index in [-0.39, 0.29) is 11.9 Å². The van der Waals surface area contributed by atoms with Crippen LogP contribution in [0.2, 0.25) is 10.0 Å². The highest BCUT2D eigenvalue weighted by atomic mass is 35.5. The first-order valence-electron chi connectivity index (χ1n) is 7.54. The average molecular weight is 345 g/mol. The van der Waals surface area contributed by atoms with Gasteiger partial charge in [-0.3, -0.25) is 4.79 Å². The lowest BCUT2D eigenvalue weighted by Crippen LogP contribution is -2.46. The van der Waals surface area contributed by atoms with E-state index in [2.05, 4.69) is 0 Å². The molecule has 0 radical (unpaired) electrons. The summed E-state index contributed by atoms with van der Waals surface area (Å²) >= 11 is 11.9. The molecular weight excluding hydrogens is 323 g/mol. The maximum atomic E-state index is 12.5. The van der Waals surface area contributed by atoms with Gasteiger partial charge in [0.2, 0.25) is 0 Å². The van der Waals surface area contributed by atoms with Gasteiger partial charge in [-0.15, -0.1) is 0 Å². The zero-order valence-electron chi connectivity index (χ0n) is 12.9. The normalized spacial score (nSPS) is 18.9. The highest BCUT2D eigenvalue weighted by molar-refractivity contribution is 6.34. The molecule has 1 aliphatic rings. The molecule has 1 fully saturated rings. The van der Waals surface area contributed by atoms with E-state index in [0.717, 1.165) is 25.9 Å². The number of hydrogen-bond donors (Lipinski definition) is 1. The number of nitrogens with two attached hydrogens (primary N) is 1. The molecule has 1 aromatic rings. The smallest absolute Gasteiger partial charge is 0.263 e. The van der Waals surface area contributed by atoms with Gasteiger partial charge in [0.1, 0.15) is 5.75 Å². The third-order valence-corrected chi connectivity index (χ3v) is 4.53. The van der Waals surface area contributed by atoms with Crippen molar-refractivity contribution in [3.63, 3.8) is 0 Å². The van der Waals surface area contributed by atoms with Crippen molar-refractivity contribution in [3.8, 4) is 5.75 Å². The molecule has 22 heavy (non-hydrogen) atoms. The number of hydrogen-bond acceptors (Lipinski definition) is 3. The maximum absolute atomic E-state index is 12.5. The van der Waals surface area contributed by atoms with Gasteiger partial charge < -0.3 is 15.4 Å². The number of amides is 1. The van der Waals surface area contributed by atoms with Crippen LogP contribution in [-0.2, 0) is 4.79 Å². The summed E-state index contributed by atoms with van der Waals surface area (Å²) < 4.78 is 5.68. The lowest BCUT2D eigenvalue weighted by atomic mass is 9.91. The summed E-state index contributed by atoms with van der Waals surface area (Å²) in [7, 11) is 0. The van der Waals surface area contributed by atoms with Gasteiger partial charge in [-0.05, 0) is 50.8 Å². The second-order valence-electron chi connectivity index (χ2n) is 5.89. The van der Waals surface area contributed by atoms with Gasteiger partial charge in [0, 0.05) is 29.2 Å². The minimum Gasteiger partial charge on any atom is -0.481 e. The standard InChI is InChI=1S/C16H22Cl2N2O2/c1-10(19)12-3-5-20(6-4-12)16(21)11(2)22-15-8-13(17)7-14(18)9-15/h7-12H,3-6,19H2,1-2H3. The van der Waals surface area contributed by atoms with Gasteiger partial charge in [-0.25, -0.2) is 0 Å². The topological polar surface area (TPSA) is 55.6 Å². The quantitative estimate of drug-likeness (QED) is 0.911. The zero-order chi connectivity index (χ0) is 16.3. The van der Waals surface area contributed by atoms with Crippen molar-refractivity contribution in [2.75, 3.05) is 13.1 Å². The lowest BCUT2D eigenvalue weighted by Gasteiger charge is -2.35. The van der Waals surface area contributed by atoms with Gasteiger partial charge in [0.25, 0.3) is 5.91 Å². The molecule has 1 saturated heterocycles. The number of piperidine rings is 1. The predicted octanol–water partition coefficient (Wildman–Crippen LogP) is 3.35. The molecule has 2 N–H and O–H groups in total. The number of nitrogens with zero attached hydrogens (tertiary/aromatic N) is 1. The fourth-order valence-corrected chi connectivity index (χ4v) is 3.26. The van der Waals surface area contributed by atoms with Crippen LogP contribution in [0.3, 0.4) is 0 Å². The second kappa shape index (κ2) is 7.53. The maximum Gasteiger partial charge on any atom is 0.263 e. The van der Waals surface area contributed by atoms with Gasteiger partial charge in [0.15, 0.2) is 6.10 Å². The van der Waals surface area contributed by atoms with Crippen molar-refractivity contribution >= 4 is 29.1 Å². The third-order valence-electron chi connectivity index (χ3n) is 4.09. The lowest BCUT2D eigenvalue weighted by molar-refractivity contribution is -0.139. The van der Waals surface area contributed by atoms with Crippen LogP contribution in [0.4, 0.5) is 0 Å². The highest BCUT2D eigenvalue weighted by Gasteiger charge is 2.28. The Balaban J connectivity index is 1.92. The minimum absolute atomic E-state index is 0.0146. The fourth-order valence-electron chi connectivity index (χ4n) is 2.75. The minimum atomic E-state index is -0.568. The summed E-state index contributed by atoms with van der Waals surface area (Å²) in [4.78, 5) is 14.3. The van der Waals surface area contributed by atoms with Crippen molar-refractivity contribution in [1.82, 2.24) is 4.90 Å². The van der Waals surface area contributed by atoms with E-state index >= 15 is 0 Å². The van der Waals surface area contributed by atoms with Gasteiger partial charge >= 0.3 is 0 Å². The first-order valence-corrected chi connectivity index (χ1v) is 8.29. The molecule has 0 bridgehead atoms. The zero-order valence-corrected chi connectivity index (χ0v) is 14.4. The van der Waals surface area contributed by atoms with Crippen molar-refractivity contribution in [2.24, 2.45) is 11.7 Å². The van der Waals surface area contributed by atoms with Crippen molar-refractivity contribution in [1.29, 1.82) is 0 Å². The van der Waals surface area contributed by atoms with Crippen LogP contribution in [0.1, 0.15) is 26.7 Å². The molecule has 0 spiro atoms. The van der Waals surface area contributed by atoms with Crippen LogP contribution in [0, 0.1) is 5.92 Å². The summed E-state index contributed by atoms with van der Waals surface area (Å²) in [6.45, 7) is 5.23. The fraction of sp³-hybridized carbons (Fsp3) is 0.562. The van der Waals surface area contributed by atoms with E-state index in [9.17, 15) is 4.79 Å². The number of benzene rings is 1. The summed E-state index contributed by atoms with van der Waals surface area (Å²) in [5, 5.41) is 0.972. The Bertz CT molecular complexity index is 509. The Hall–Kier alpha value is -0.970. The van der Waals surface area contributed by atoms with Gasteiger partial charge in [-0.2, -0.15) is 0 Å². The Kier molecular flexibility index (Phi) is 5.95. The molecule has 6 heteroatoms. The van der Waals surface area contributed by atoms with Crippen LogP contribution in [-0.4, -0.2) is 36.0 Å². The summed E-state index contributed by atoms with van der Waals surface area (Å²) in [6, 6.07) is 5.11. The monoisotopic (exact) mass is 344 g/mol. The molecule has 4 nitrogen and oxygen atoms in total. The van der Waals surface area contributed by atoms with Gasteiger partial charge in [-0.1, -0.05) is 23.2 Å². The largest absolute Gasteiger partial charge is 0.481 e. The predicted molar refractivity (Wildman–Crippen MR) is 89.5 cm³/mol. The molecule has 0 saturated carbocycles. The van der Waals surface area contributed by atoms with E-state index in [4.69, 9.17) is 33.7 Å². The number of ether oxygens (including phenoxy) is 1. The number of rotatable bonds is 4. The Morgan fingerprint density at radius 1 is 1.23 bits per heavy atom. The molecule has 0 aromatic heterocycles. The summed E-state index contributed by atoms with van der Waals surface area (Å²) in [5.74, 6) is 0.982. The molecule has 1 heterocycles. The Morgan fingerprint density at radius 3 is 2.27 bits per heavy atom. The SMILES string of the molecule is CC(Oc1cc(Cl)cc(Cl)c1)C(=O)N1CCC(C(C)N)CC1. The molecule has 2 atom stereocenters. The van der Waals surface area contributed by atoms with Crippen LogP contribution < -0.4 is 10.5 Å². The third kappa shape index (κ3) is 4.51. The van der Waals surface area contributed by atoms with Crippen LogP contribution >= 0.6 is 23.2 Å². The number of carbonyl (C=O) groups excluding carboxylic acids is 1. The second-order valence-corrected chi connectivity index (χ2v) is 6.76. The van der Waals surface area contributed by atoms with E-state index in [0.29, 0.717) is 21.7 Å². The van der Waals surface area contributed by atoms with Crippen LogP contribution in [0.25, 0.3) is 0 Å². The first kappa shape index (κ1) is 17.4.